The molecule has 0 aliphatic heterocycles. The molecule has 0 saturated heterocycles. The monoisotopic (exact) mass is 383 g/mol. The molecule has 0 saturated carbocycles. The highest BCUT2D eigenvalue weighted by atomic mass is 35.5. The Bertz CT molecular complexity index is 752. The Balaban J connectivity index is 2.01. The maximum absolute atomic E-state index is 12.6. The van der Waals surface area contributed by atoms with Crippen LogP contribution in [0, 0.1) is 0 Å². The van der Waals surface area contributed by atoms with Crippen LogP contribution in [0.15, 0.2) is 36.4 Å². The standard InChI is InChI=1S/C18H19Cl2NO4/c1-21(7-8-25-14-6-4-5-13(19)11-14)18(22)12-9-15(20)17(24-3)16(10-12)23-2/h4-6,9-11H,7-8H2,1-3H3. The summed E-state index contributed by atoms with van der Waals surface area (Å²) in [6.07, 6.45) is 0. The summed E-state index contributed by atoms with van der Waals surface area (Å²) in [6, 6.07) is 10.3. The second-order valence-corrected chi connectivity index (χ2v) is 6.07. The molecular formula is C18H19Cl2NO4. The Kier molecular flexibility index (Phi) is 6.79. The number of hydrogen-bond acceptors (Lipinski definition) is 4. The number of halogens is 2. The Morgan fingerprint density at radius 3 is 2.52 bits per heavy atom. The molecule has 0 heterocycles. The lowest BCUT2D eigenvalue weighted by Gasteiger charge is -2.19. The number of carbonyl (C=O) groups is 1. The predicted molar refractivity (Wildman–Crippen MR) is 98.5 cm³/mol. The first-order chi connectivity index (χ1) is 12.0. The molecular weight excluding hydrogens is 365 g/mol. The molecule has 5 nitrogen and oxygen atoms in total. The van der Waals surface area contributed by atoms with E-state index in [2.05, 4.69) is 0 Å². The zero-order valence-electron chi connectivity index (χ0n) is 14.2. The fourth-order valence-electron chi connectivity index (χ4n) is 2.22. The van der Waals surface area contributed by atoms with Gasteiger partial charge in [0.15, 0.2) is 11.5 Å². The van der Waals surface area contributed by atoms with E-state index in [1.807, 2.05) is 6.07 Å². The van der Waals surface area contributed by atoms with Gasteiger partial charge in [-0.1, -0.05) is 29.3 Å². The summed E-state index contributed by atoms with van der Waals surface area (Å²) < 4.78 is 16.0. The molecule has 0 bridgehead atoms. The lowest BCUT2D eigenvalue weighted by Crippen LogP contribution is -2.30. The van der Waals surface area contributed by atoms with Crippen molar-refractivity contribution in [3.05, 3.63) is 52.0 Å². The number of hydrogen-bond donors (Lipinski definition) is 0. The van der Waals surface area contributed by atoms with Gasteiger partial charge in [-0.15, -0.1) is 0 Å². The van der Waals surface area contributed by atoms with E-state index in [9.17, 15) is 4.79 Å². The molecule has 0 radical (unpaired) electrons. The number of ether oxygens (including phenoxy) is 3. The third kappa shape index (κ3) is 4.94. The quantitative estimate of drug-likeness (QED) is 0.719. The maximum Gasteiger partial charge on any atom is 0.253 e. The summed E-state index contributed by atoms with van der Waals surface area (Å²) in [4.78, 5) is 14.1. The summed E-state index contributed by atoms with van der Waals surface area (Å²) >= 11 is 12.1. The molecule has 134 valence electrons. The summed E-state index contributed by atoms with van der Waals surface area (Å²) in [5, 5.41) is 0.913. The van der Waals surface area contributed by atoms with Crippen molar-refractivity contribution in [3.8, 4) is 17.2 Å². The fraction of sp³-hybridized carbons (Fsp3) is 0.278. The van der Waals surface area contributed by atoms with Crippen LogP contribution in [0.5, 0.6) is 17.2 Å². The average molecular weight is 384 g/mol. The van der Waals surface area contributed by atoms with Crippen LogP contribution in [-0.2, 0) is 0 Å². The third-order valence-corrected chi connectivity index (χ3v) is 4.03. The molecule has 0 aliphatic rings. The van der Waals surface area contributed by atoms with Crippen LogP contribution < -0.4 is 14.2 Å². The molecule has 0 aliphatic carbocycles. The van der Waals surface area contributed by atoms with Gasteiger partial charge in [-0.25, -0.2) is 0 Å². The largest absolute Gasteiger partial charge is 0.493 e. The number of nitrogens with zero attached hydrogens (tertiary/aromatic N) is 1. The summed E-state index contributed by atoms with van der Waals surface area (Å²) in [5.74, 6) is 1.26. The van der Waals surface area contributed by atoms with Crippen LogP contribution in [0.25, 0.3) is 0 Å². The summed E-state index contributed by atoms with van der Waals surface area (Å²) in [5.41, 5.74) is 0.410. The van der Waals surface area contributed by atoms with E-state index in [4.69, 9.17) is 37.4 Å². The predicted octanol–water partition coefficient (Wildman–Crippen LogP) is 4.16. The SMILES string of the molecule is COc1cc(C(=O)N(C)CCOc2cccc(Cl)c2)cc(Cl)c1OC. The minimum Gasteiger partial charge on any atom is -0.493 e. The van der Waals surface area contributed by atoms with Crippen molar-refractivity contribution in [2.45, 2.75) is 0 Å². The highest BCUT2D eigenvalue weighted by Gasteiger charge is 2.18. The van der Waals surface area contributed by atoms with E-state index in [0.717, 1.165) is 0 Å². The van der Waals surface area contributed by atoms with Gasteiger partial charge in [-0.3, -0.25) is 4.79 Å². The van der Waals surface area contributed by atoms with Crippen LogP contribution in [-0.4, -0.2) is 45.2 Å². The molecule has 25 heavy (non-hydrogen) atoms. The van der Waals surface area contributed by atoms with Crippen molar-refractivity contribution in [1.29, 1.82) is 0 Å². The summed E-state index contributed by atoms with van der Waals surface area (Å²) in [6.45, 7) is 0.737. The molecule has 1 amide bonds. The molecule has 0 atom stereocenters. The number of carbonyl (C=O) groups excluding carboxylic acids is 1. The van der Waals surface area contributed by atoms with Gasteiger partial charge < -0.3 is 19.1 Å². The average Bonchev–Trinajstić information content (AvgIpc) is 2.60. The van der Waals surface area contributed by atoms with Crippen molar-refractivity contribution < 1.29 is 19.0 Å². The van der Waals surface area contributed by atoms with Gasteiger partial charge in [-0.2, -0.15) is 0 Å². The molecule has 0 spiro atoms. The number of amides is 1. The zero-order valence-corrected chi connectivity index (χ0v) is 15.7. The Labute approximate surface area is 157 Å². The first-order valence-electron chi connectivity index (χ1n) is 7.51. The van der Waals surface area contributed by atoms with E-state index in [1.165, 1.54) is 14.2 Å². The van der Waals surface area contributed by atoms with Gasteiger partial charge in [0.2, 0.25) is 0 Å². The first-order valence-corrected chi connectivity index (χ1v) is 8.27. The van der Waals surface area contributed by atoms with E-state index in [1.54, 1.807) is 42.3 Å². The van der Waals surface area contributed by atoms with Gasteiger partial charge in [-0.05, 0) is 30.3 Å². The Morgan fingerprint density at radius 1 is 1.12 bits per heavy atom. The lowest BCUT2D eigenvalue weighted by atomic mass is 10.1. The highest BCUT2D eigenvalue weighted by molar-refractivity contribution is 6.32. The van der Waals surface area contributed by atoms with Crippen molar-refractivity contribution in [1.82, 2.24) is 4.90 Å². The number of benzene rings is 2. The summed E-state index contributed by atoms with van der Waals surface area (Å²) in [7, 11) is 4.67. The van der Waals surface area contributed by atoms with Crippen LogP contribution in [0.2, 0.25) is 10.0 Å². The van der Waals surface area contributed by atoms with Crippen molar-refractivity contribution in [2.24, 2.45) is 0 Å². The number of likely N-dealkylation sites (N-methyl/N-ethyl adjacent to an activating group) is 1. The van der Waals surface area contributed by atoms with E-state index in [-0.39, 0.29) is 5.91 Å². The second kappa shape index (κ2) is 8.83. The fourth-order valence-corrected chi connectivity index (χ4v) is 2.69. The van der Waals surface area contributed by atoms with E-state index in [0.29, 0.717) is 46.0 Å². The lowest BCUT2D eigenvalue weighted by molar-refractivity contribution is 0.0773. The van der Waals surface area contributed by atoms with E-state index >= 15 is 0 Å². The smallest absolute Gasteiger partial charge is 0.253 e. The molecule has 0 unspecified atom stereocenters. The van der Waals surface area contributed by atoms with Crippen molar-refractivity contribution >= 4 is 29.1 Å². The van der Waals surface area contributed by atoms with Gasteiger partial charge in [0.1, 0.15) is 12.4 Å². The van der Waals surface area contributed by atoms with Crippen molar-refractivity contribution in [3.63, 3.8) is 0 Å². The van der Waals surface area contributed by atoms with Crippen molar-refractivity contribution in [2.75, 3.05) is 34.4 Å². The highest BCUT2D eigenvalue weighted by Crippen LogP contribution is 2.36. The van der Waals surface area contributed by atoms with Gasteiger partial charge in [0, 0.05) is 17.6 Å². The van der Waals surface area contributed by atoms with Crippen LogP contribution in [0.3, 0.4) is 0 Å². The number of methoxy groups -OCH3 is 2. The molecule has 0 aromatic heterocycles. The van der Waals surface area contributed by atoms with Gasteiger partial charge in [0.05, 0.1) is 25.8 Å². The zero-order chi connectivity index (χ0) is 18.4. The van der Waals surface area contributed by atoms with Crippen LogP contribution in [0.1, 0.15) is 10.4 Å². The van der Waals surface area contributed by atoms with Gasteiger partial charge >= 0.3 is 0 Å². The minimum atomic E-state index is -0.197. The normalized spacial score (nSPS) is 10.3. The topological polar surface area (TPSA) is 48.0 Å². The first kappa shape index (κ1) is 19.2. The minimum absolute atomic E-state index is 0.197. The molecule has 2 rings (SSSR count). The van der Waals surface area contributed by atoms with Crippen LogP contribution >= 0.6 is 23.2 Å². The molecule has 2 aromatic carbocycles. The molecule has 2 aromatic rings. The second-order valence-electron chi connectivity index (χ2n) is 5.23. The molecule has 7 heteroatoms. The van der Waals surface area contributed by atoms with Gasteiger partial charge in [0.25, 0.3) is 5.91 Å². The van der Waals surface area contributed by atoms with Crippen LogP contribution in [0.4, 0.5) is 0 Å². The molecule has 0 N–H and O–H groups in total. The maximum atomic E-state index is 12.6. The molecule has 0 fully saturated rings. The Morgan fingerprint density at radius 2 is 1.88 bits per heavy atom. The Hall–Kier alpha value is -2.11. The third-order valence-electron chi connectivity index (χ3n) is 3.52. The number of rotatable bonds is 7. The van der Waals surface area contributed by atoms with E-state index < -0.39 is 0 Å².